The van der Waals surface area contributed by atoms with Crippen LogP contribution in [0.1, 0.15) is 37.3 Å². The van der Waals surface area contributed by atoms with Gasteiger partial charge in [-0.1, -0.05) is 43.3 Å². The highest BCUT2D eigenvalue weighted by atomic mass is 16.2. The maximum atomic E-state index is 12.4. The Labute approximate surface area is 154 Å². The second-order valence-electron chi connectivity index (χ2n) is 7.15. The first-order chi connectivity index (χ1) is 12.5. The number of aryl methyl sites for hydroxylation is 1. The maximum Gasteiger partial charge on any atom is 0.233 e. The maximum absolute atomic E-state index is 12.4. The Hall–Kier alpha value is -2.43. The van der Waals surface area contributed by atoms with Crippen LogP contribution >= 0.6 is 0 Å². The summed E-state index contributed by atoms with van der Waals surface area (Å²) in [5.41, 5.74) is 2.34. The van der Waals surface area contributed by atoms with E-state index in [2.05, 4.69) is 19.1 Å². The van der Waals surface area contributed by atoms with Crippen LogP contribution < -0.4 is 0 Å². The zero-order valence-electron chi connectivity index (χ0n) is 15.5. The van der Waals surface area contributed by atoms with Crippen LogP contribution in [0, 0.1) is 11.8 Å². The smallest absolute Gasteiger partial charge is 0.233 e. The molecule has 3 rings (SSSR count). The molecule has 1 fully saturated rings. The van der Waals surface area contributed by atoms with Gasteiger partial charge in [-0.25, -0.2) is 0 Å². The quantitative estimate of drug-likeness (QED) is 0.583. The molecule has 0 radical (unpaired) electrons. The summed E-state index contributed by atoms with van der Waals surface area (Å²) in [7, 11) is 1.76. The van der Waals surface area contributed by atoms with Gasteiger partial charge in [0.2, 0.25) is 17.7 Å². The lowest BCUT2D eigenvalue weighted by Gasteiger charge is -2.20. The highest BCUT2D eigenvalue weighted by Crippen LogP contribution is 2.35. The largest absolute Gasteiger partial charge is 0.341 e. The Kier molecular flexibility index (Phi) is 5.55. The molecule has 26 heavy (non-hydrogen) atoms. The summed E-state index contributed by atoms with van der Waals surface area (Å²) in [5, 5.41) is 0. The van der Waals surface area contributed by atoms with Crippen LogP contribution in [0.4, 0.5) is 0 Å². The number of allylic oxidation sites excluding steroid dienone is 2. The van der Waals surface area contributed by atoms with Crippen molar-refractivity contribution >= 4 is 17.7 Å². The summed E-state index contributed by atoms with van der Waals surface area (Å²) in [5.74, 6) is -0.738. The summed E-state index contributed by atoms with van der Waals surface area (Å²) in [6, 6.07) is 8.22. The van der Waals surface area contributed by atoms with Crippen molar-refractivity contribution in [2.45, 2.75) is 39.2 Å². The predicted molar refractivity (Wildman–Crippen MR) is 99.0 cm³/mol. The minimum absolute atomic E-state index is 0.0573. The lowest BCUT2D eigenvalue weighted by atomic mass is 9.85. The molecule has 1 heterocycles. The molecule has 138 valence electrons. The van der Waals surface area contributed by atoms with E-state index in [1.165, 1.54) is 10.5 Å². The number of carbonyl (C=O) groups is 3. The van der Waals surface area contributed by atoms with E-state index in [0.717, 1.165) is 12.0 Å². The minimum atomic E-state index is -0.225. The van der Waals surface area contributed by atoms with Gasteiger partial charge in [-0.05, 0) is 30.4 Å². The molecule has 0 N–H and O–H groups in total. The first-order valence-corrected chi connectivity index (χ1v) is 9.33. The molecule has 0 aromatic heterocycles. The molecule has 5 nitrogen and oxygen atoms in total. The van der Waals surface area contributed by atoms with Crippen LogP contribution in [0.5, 0.6) is 0 Å². The van der Waals surface area contributed by atoms with Gasteiger partial charge in [-0.15, -0.1) is 0 Å². The molecule has 0 unspecified atom stereocenters. The summed E-state index contributed by atoms with van der Waals surface area (Å²) >= 11 is 0. The number of hydrogen-bond acceptors (Lipinski definition) is 3. The number of nitrogens with zero attached hydrogens (tertiary/aromatic N) is 2. The molecule has 1 aliphatic heterocycles. The van der Waals surface area contributed by atoms with Gasteiger partial charge >= 0.3 is 0 Å². The second-order valence-corrected chi connectivity index (χ2v) is 7.15. The highest BCUT2D eigenvalue weighted by Gasteiger charge is 2.46. The standard InChI is InChI=1S/C21H26N2O3/c1-3-15-8-10-16(11-9-15)14-22(2)19(24)12-13-23-20(25)17-6-4-5-7-18(17)21(23)26/h4-5,8-11,17-18H,3,6-7,12-14H2,1-2H3/t17-,18-/m0/s1. The second kappa shape index (κ2) is 7.85. The van der Waals surface area contributed by atoms with E-state index < -0.39 is 0 Å². The Bertz CT molecular complexity index is 697. The fourth-order valence-electron chi connectivity index (χ4n) is 3.73. The van der Waals surface area contributed by atoms with Crippen LogP contribution in [-0.2, 0) is 27.3 Å². The van der Waals surface area contributed by atoms with Gasteiger partial charge in [0.1, 0.15) is 0 Å². The van der Waals surface area contributed by atoms with E-state index in [9.17, 15) is 14.4 Å². The number of hydrogen-bond donors (Lipinski definition) is 0. The van der Waals surface area contributed by atoms with Gasteiger partial charge in [0, 0.05) is 26.6 Å². The van der Waals surface area contributed by atoms with Crippen LogP contribution in [0.3, 0.4) is 0 Å². The number of imide groups is 1. The van der Waals surface area contributed by atoms with E-state index in [0.29, 0.717) is 19.4 Å². The van der Waals surface area contributed by atoms with Gasteiger partial charge in [0.15, 0.2) is 0 Å². The number of benzene rings is 1. The van der Waals surface area contributed by atoms with Crippen LogP contribution in [0.25, 0.3) is 0 Å². The molecule has 1 saturated heterocycles. The number of carbonyl (C=O) groups excluding carboxylic acids is 3. The highest BCUT2D eigenvalue weighted by molar-refractivity contribution is 6.05. The molecule has 1 aromatic carbocycles. The van der Waals surface area contributed by atoms with Crippen molar-refractivity contribution in [3.8, 4) is 0 Å². The number of fused-ring (bicyclic) bond motifs is 1. The molecule has 5 heteroatoms. The summed E-state index contributed by atoms with van der Waals surface area (Å²) in [6.07, 6.45) is 6.37. The molecule has 3 amide bonds. The van der Waals surface area contributed by atoms with Crippen molar-refractivity contribution in [2.75, 3.05) is 13.6 Å². The van der Waals surface area contributed by atoms with Gasteiger partial charge < -0.3 is 4.90 Å². The van der Waals surface area contributed by atoms with Crippen molar-refractivity contribution in [3.63, 3.8) is 0 Å². The third-order valence-electron chi connectivity index (χ3n) is 5.42. The SMILES string of the molecule is CCc1ccc(CN(C)C(=O)CCN2C(=O)[C@H]3CC=CC[C@@H]3C2=O)cc1. The van der Waals surface area contributed by atoms with E-state index in [4.69, 9.17) is 0 Å². The Morgan fingerprint density at radius 1 is 1.04 bits per heavy atom. The van der Waals surface area contributed by atoms with Crippen LogP contribution in [-0.4, -0.2) is 41.1 Å². The average Bonchev–Trinajstić information content (AvgIpc) is 2.91. The number of rotatable bonds is 6. The van der Waals surface area contributed by atoms with E-state index >= 15 is 0 Å². The fourth-order valence-corrected chi connectivity index (χ4v) is 3.73. The Morgan fingerprint density at radius 2 is 1.58 bits per heavy atom. The number of amides is 3. The van der Waals surface area contributed by atoms with Crippen LogP contribution in [0.15, 0.2) is 36.4 Å². The Morgan fingerprint density at radius 3 is 2.12 bits per heavy atom. The van der Waals surface area contributed by atoms with Gasteiger partial charge in [-0.3, -0.25) is 19.3 Å². The summed E-state index contributed by atoms with van der Waals surface area (Å²) in [4.78, 5) is 40.2. The molecular formula is C21H26N2O3. The van der Waals surface area contributed by atoms with Crippen LogP contribution in [0.2, 0.25) is 0 Å². The first-order valence-electron chi connectivity index (χ1n) is 9.33. The molecule has 2 atom stereocenters. The van der Waals surface area contributed by atoms with Crippen molar-refractivity contribution < 1.29 is 14.4 Å². The van der Waals surface area contributed by atoms with Crippen molar-refractivity contribution in [1.82, 2.24) is 9.80 Å². The fraction of sp³-hybridized carbons (Fsp3) is 0.476. The van der Waals surface area contributed by atoms with Gasteiger partial charge in [0.25, 0.3) is 0 Å². The zero-order chi connectivity index (χ0) is 18.7. The Balaban J connectivity index is 1.53. The normalized spacial score (nSPS) is 21.8. The summed E-state index contributed by atoms with van der Waals surface area (Å²) in [6.45, 7) is 2.82. The topological polar surface area (TPSA) is 57.7 Å². The lowest BCUT2D eigenvalue weighted by molar-refractivity contribution is -0.140. The van der Waals surface area contributed by atoms with E-state index in [1.54, 1.807) is 11.9 Å². The zero-order valence-corrected chi connectivity index (χ0v) is 15.5. The molecular weight excluding hydrogens is 328 g/mol. The first kappa shape index (κ1) is 18.4. The molecule has 1 aromatic rings. The molecule has 1 aliphatic carbocycles. The van der Waals surface area contributed by atoms with Crippen molar-refractivity contribution in [2.24, 2.45) is 11.8 Å². The average molecular weight is 354 g/mol. The third kappa shape index (κ3) is 3.71. The summed E-state index contributed by atoms with van der Waals surface area (Å²) < 4.78 is 0. The van der Waals surface area contributed by atoms with Gasteiger partial charge in [0.05, 0.1) is 11.8 Å². The monoisotopic (exact) mass is 354 g/mol. The number of likely N-dealkylation sites (tertiary alicyclic amines) is 1. The third-order valence-corrected chi connectivity index (χ3v) is 5.42. The van der Waals surface area contributed by atoms with Gasteiger partial charge in [-0.2, -0.15) is 0 Å². The van der Waals surface area contributed by atoms with E-state index in [1.807, 2.05) is 24.3 Å². The van der Waals surface area contributed by atoms with Crippen molar-refractivity contribution in [3.05, 3.63) is 47.5 Å². The molecule has 0 bridgehead atoms. The van der Waals surface area contributed by atoms with E-state index in [-0.39, 0.29) is 42.5 Å². The van der Waals surface area contributed by atoms with Crippen molar-refractivity contribution in [1.29, 1.82) is 0 Å². The minimum Gasteiger partial charge on any atom is -0.341 e. The molecule has 2 aliphatic rings. The molecule has 0 saturated carbocycles. The lowest BCUT2D eigenvalue weighted by Crippen LogP contribution is -2.36. The molecule has 0 spiro atoms. The predicted octanol–water partition coefficient (Wildman–Crippen LogP) is 2.55.